The van der Waals surface area contributed by atoms with E-state index in [1.807, 2.05) is 42.6 Å². The molecule has 10 rings (SSSR count). The van der Waals surface area contributed by atoms with Gasteiger partial charge in [-0.25, -0.2) is 0 Å². The van der Waals surface area contributed by atoms with E-state index in [0.717, 1.165) is 70.6 Å². The van der Waals surface area contributed by atoms with E-state index in [-0.39, 0.29) is 26.3 Å². The molecule has 333 valence electrons. The van der Waals surface area contributed by atoms with Gasteiger partial charge in [-0.1, -0.05) is 138 Å². The van der Waals surface area contributed by atoms with Crippen LogP contribution in [-0.2, 0) is 52.8 Å². The van der Waals surface area contributed by atoms with Crippen LogP contribution in [0.15, 0.2) is 183 Å². The van der Waals surface area contributed by atoms with E-state index >= 15 is 0 Å². The topological polar surface area (TPSA) is 48.1 Å². The molecule has 1 atom stereocenters. The maximum atomic E-state index is 4.86. The molecule has 9 aromatic rings. The molecule has 0 N–H and O–H groups in total. The Labute approximate surface area is 409 Å². The van der Waals surface area contributed by atoms with Gasteiger partial charge in [-0.05, 0) is 89.3 Å². The number of hydrogen-bond acceptors (Lipinski definition) is 3. The number of imidazole rings is 1. The minimum absolute atomic E-state index is 0. The van der Waals surface area contributed by atoms with Gasteiger partial charge in [0, 0.05) is 52.8 Å². The second-order valence-electron chi connectivity index (χ2n) is 17.5. The molecule has 0 saturated carbocycles. The molecule has 2 aromatic heterocycles. The smallest absolute Gasteiger partial charge is 0.0555 e. The Balaban J connectivity index is 0.00000562. The van der Waals surface area contributed by atoms with Gasteiger partial charge in [-0.2, -0.15) is 41.6 Å². The molecule has 1 aliphatic heterocycles. The summed E-state index contributed by atoms with van der Waals surface area (Å²) in [6.45, 7) is 4.25. The van der Waals surface area contributed by atoms with Crippen molar-refractivity contribution < 1.29 is 20.1 Å². The third kappa shape index (κ3) is 10.0. The van der Waals surface area contributed by atoms with E-state index in [9.17, 15) is 0 Å². The number of rotatable bonds is 13. The van der Waals surface area contributed by atoms with Crippen molar-refractivity contribution >= 4 is 0 Å². The molecule has 3 heterocycles. The molecule has 1 radical (unpaired) electrons. The Bertz CT molecular complexity index is 3150. The van der Waals surface area contributed by atoms with E-state index in [1.165, 1.54) is 61.2 Å². The third-order valence-electron chi connectivity index (χ3n) is 12.9. The summed E-state index contributed by atoms with van der Waals surface area (Å²) < 4.78 is 2.03. The number of pyridine rings is 1. The molecule has 0 spiro atoms. The molecule has 0 aliphatic carbocycles. The normalized spacial score (nSPS) is 13.1. The number of nitrogens with zero attached hydrogens (tertiary/aromatic N) is 5. The fraction of sp³-hybridized carbons (Fsp3) is 0.148. The third-order valence-corrected chi connectivity index (χ3v) is 12.9. The first-order valence-electron chi connectivity index (χ1n) is 22.8. The summed E-state index contributed by atoms with van der Waals surface area (Å²) in [5.41, 5.74) is 20.9. The molecule has 0 saturated heterocycles. The molecular weight excluding hydrogens is 995 g/mol. The van der Waals surface area contributed by atoms with Crippen LogP contribution in [0.3, 0.4) is 0 Å². The van der Waals surface area contributed by atoms with Crippen molar-refractivity contribution in [1.82, 2.24) is 19.4 Å². The van der Waals surface area contributed by atoms with Crippen LogP contribution < -0.4 is 0 Å². The Morgan fingerprint density at radius 3 is 1.84 bits per heavy atom. The molecule has 1 unspecified atom stereocenters. The standard InChI is InChI=1S/C61H51N5.Ir/c1-42-36-59(64-41-43(42)2)53-30-31-57(58(40-53)50-28-26-49(27-29-50)48-10-6-5-7-11-48)56-13-9-8-12-55(56)54-38-46(16-14-44-18-22-51(23-19-44)60-62-32-34-65(60)3)37-47(39-54)17-15-45-20-24-52(25-21-45)61-63-33-35-66(61)4;/h5-13,18-22,24,26-29,31-41,60H,14-17H2,1-4H3;/q-4;. The van der Waals surface area contributed by atoms with Gasteiger partial charge in [-0.15, -0.1) is 59.2 Å². The fourth-order valence-electron chi connectivity index (χ4n) is 8.97. The van der Waals surface area contributed by atoms with Crippen LogP contribution in [0, 0.1) is 32.0 Å². The molecule has 5 nitrogen and oxygen atoms in total. The van der Waals surface area contributed by atoms with Crippen LogP contribution in [-0.4, -0.2) is 26.5 Å². The summed E-state index contributed by atoms with van der Waals surface area (Å²) in [5, 5.41) is 4.61. The van der Waals surface area contributed by atoms with Gasteiger partial charge in [0.2, 0.25) is 0 Å². The zero-order valence-electron chi connectivity index (χ0n) is 38.3. The summed E-state index contributed by atoms with van der Waals surface area (Å²) in [7, 11) is 4.07. The van der Waals surface area contributed by atoms with Gasteiger partial charge >= 0.3 is 0 Å². The van der Waals surface area contributed by atoms with E-state index in [0.29, 0.717) is 0 Å². The van der Waals surface area contributed by atoms with Crippen molar-refractivity contribution in [3.63, 3.8) is 0 Å². The SMILES string of the molecule is Cc1cnc(-c2[c-]cc(-c3ccccc3-c3cc(CCc4c[c-]c(-c5nccn5C)cc4)cc(CCc4c[c-]c(C5[N-]C=CN5C)cc4)c3)c(-c3ccc(-c4ccccc4)cc3)c2)cc1C.[Ir]. The minimum Gasteiger partial charge on any atom is -0.668 e. The second-order valence-corrected chi connectivity index (χ2v) is 17.5. The van der Waals surface area contributed by atoms with Crippen LogP contribution in [0.1, 0.15) is 45.1 Å². The van der Waals surface area contributed by atoms with Crippen molar-refractivity contribution in [2.24, 2.45) is 7.05 Å². The molecule has 6 heteroatoms. The Morgan fingerprint density at radius 1 is 0.537 bits per heavy atom. The Morgan fingerprint density at radius 2 is 1.19 bits per heavy atom. The van der Waals surface area contributed by atoms with Crippen LogP contribution in [0.25, 0.3) is 72.5 Å². The Kier molecular flexibility index (Phi) is 13.6. The van der Waals surface area contributed by atoms with Gasteiger partial charge in [0.15, 0.2) is 0 Å². The van der Waals surface area contributed by atoms with Crippen LogP contribution in [0.5, 0.6) is 0 Å². The van der Waals surface area contributed by atoms with Gasteiger partial charge in [-0.3, -0.25) is 4.98 Å². The Hall–Kier alpha value is -7.11. The zero-order chi connectivity index (χ0) is 45.0. The predicted octanol–water partition coefficient (Wildman–Crippen LogP) is 14.2. The molecule has 1 aliphatic rings. The maximum absolute atomic E-state index is 4.86. The first-order valence-corrected chi connectivity index (χ1v) is 22.8. The quantitative estimate of drug-likeness (QED) is 0.108. The average Bonchev–Trinajstić information content (AvgIpc) is 4.01. The fourth-order valence-corrected chi connectivity index (χ4v) is 8.97. The van der Waals surface area contributed by atoms with Gasteiger partial charge in [0.05, 0.1) is 5.82 Å². The van der Waals surface area contributed by atoms with Crippen LogP contribution >= 0.6 is 0 Å². The zero-order valence-corrected chi connectivity index (χ0v) is 40.7. The first-order chi connectivity index (χ1) is 32.3. The van der Waals surface area contributed by atoms with E-state index in [2.05, 4.69) is 206 Å². The van der Waals surface area contributed by atoms with Gasteiger partial charge in [0.25, 0.3) is 0 Å². The van der Waals surface area contributed by atoms with E-state index in [1.54, 1.807) is 0 Å². The number of aryl methyl sites for hydroxylation is 7. The van der Waals surface area contributed by atoms with Crippen molar-refractivity contribution in [3.8, 4) is 67.2 Å². The van der Waals surface area contributed by atoms with Crippen molar-refractivity contribution in [3.05, 3.63) is 245 Å². The summed E-state index contributed by atoms with van der Waals surface area (Å²) in [5.74, 6) is 0.921. The maximum Gasteiger partial charge on any atom is 0.0555 e. The minimum atomic E-state index is -0.00610. The van der Waals surface area contributed by atoms with Crippen molar-refractivity contribution in [1.29, 1.82) is 0 Å². The summed E-state index contributed by atoms with van der Waals surface area (Å²) in [6, 6.07) is 66.0. The van der Waals surface area contributed by atoms with Crippen LogP contribution in [0.4, 0.5) is 0 Å². The monoisotopic (exact) mass is 1050 g/mol. The molecule has 0 bridgehead atoms. The predicted molar refractivity (Wildman–Crippen MR) is 270 cm³/mol. The van der Waals surface area contributed by atoms with Gasteiger partial charge in [0.1, 0.15) is 0 Å². The number of aromatic nitrogens is 3. The van der Waals surface area contributed by atoms with Gasteiger partial charge < -0.3 is 19.8 Å². The number of hydrogen-bond donors (Lipinski definition) is 0. The molecule has 7 aromatic carbocycles. The number of benzene rings is 7. The molecule has 0 fully saturated rings. The van der Waals surface area contributed by atoms with E-state index < -0.39 is 0 Å². The average molecular weight is 1050 g/mol. The van der Waals surface area contributed by atoms with Crippen LogP contribution in [0.2, 0.25) is 0 Å². The summed E-state index contributed by atoms with van der Waals surface area (Å²) in [6.07, 6.45) is 13.2. The van der Waals surface area contributed by atoms with Crippen molar-refractivity contribution in [2.75, 3.05) is 7.05 Å². The molecule has 0 amide bonds. The second kappa shape index (κ2) is 20.2. The largest absolute Gasteiger partial charge is 0.668 e. The molecule has 67 heavy (non-hydrogen) atoms. The first kappa shape index (κ1) is 45.1. The summed E-state index contributed by atoms with van der Waals surface area (Å²) >= 11 is 0. The molecular formula is C61H51IrN5-4. The van der Waals surface area contributed by atoms with E-state index in [4.69, 9.17) is 4.98 Å². The summed E-state index contributed by atoms with van der Waals surface area (Å²) in [4.78, 5) is 11.5. The van der Waals surface area contributed by atoms with Crippen molar-refractivity contribution in [2.45, 2.75) is 45.7 Å².